The lowest BCUT2D eigenvalue weighted by Crippen LogP contribution is -2.55. The number of halogens is 2. The molecular weight excluding hydrogens is 517 g/mol. The van der Waals surface area contributed by atoms with Crippen LogP contribution in [-0.4, -0.2) is 82.9 Å². The number of anilines is 1. The first-order valence-electron chi connectivity index (χ1n) is 12.0. The lowest BCUT2D eigenvalue weighted by molar-refractivity contribution is -0.138. The molecule has 3 N–H and O–H groups in total. The fourth-order valence-electron chi connectivity index (χ4n) is 3.95. The number of benzene rings is 2. The van der Waals surface area contributed by atoms with Crippen LogP contribution in [0.3, 0.4) is 0 Å². The fourth-order valence-corrected chi connectivity index (χ4v) is 4.14. The molecule has 1 heterocycles. The van der Waals surface area contributed by atoms with Gasteiger partial charge in [0.1, 0.15) is 5.82 Å². The van der Waals surface area contributed by atoms with Crippen molar-refractivity contribution in [3.63, 3.8) is 0 Å². The second-order valence-corrected chi connectivity index (χ2v) is 8.83. The molecule has 3 rings (SSSR count). The minimum atomic E-state index is -0.694. The first kappa shape index (κ1) is 29.4. The number of rotatable bonds is 15. The van der Waals surface area contributed by atoms with Gasteiger partial charge in [0.05, 0.1) is 30.9 Å². The summed E-state index contributed by atoms with van der Waals surface area (Å²) in [7, 11) is 0. The number of aliphatic hydroxyl groups is 2. The van der Waals surface area contributed by atoms with E-state index in [2.05, 4.69) is 10.4 Å². The van der Waals surface area contributed by atoms with Gasteiger partial charge in [0.15, 0.2) is 5.82 Å². The number of amides is 2. The number of aromatic nitrogens is 1. The molecule has 0 aliphatic heterocycles. The third-order valence-electron chi connectivity index (χ3n) is 5.82. The van der Waals surface area contributed by atoms with E-state index >= 15 is 0 Å². The van der Waals surface area contributed by atoms with E-state index in [4.69, 9.17) is 16.4 Å². The molecule has 1 aromatic heterocycles. The minimum Gasteiger partial charge on any atom is -0.395 e. The number of nitrogens with one attached hydrogen (secondary N) is 1. The number of hydroxylamine groups is 1. The number of nitrogens with zero attached hydrogens (tertiary/aromatic N) is 4. The lowest BCUT2D eigenvalue weighted by atomic mass is 10.2. The number of fused-ring (bicyclic) bond motifs is 1. The highest BCUT2D eigenvalue weighted by Crippen LogP contribution is 2.21. The Kier molecular flexibility index (Phi) is 11.3. The van der Waals surface area contributed by atoms with Crippen LogP contribution in [-0.2, 0) is 21.0 Å². The summed E-state index contributed by atoms with van der Waals surface area (Å²) in [5.74, 6) is -0.698. The van der Waals surface area contributed by atoms with E-state index in [1.807, 2.05) is 24.3 Å². The van der Waals surface area contributed by atoms with Gasteiger partial charge in [0, 0.05) is 44.7 Å². The summed E-state index contributed by atoms with van der Waals surface area (Å²) in [5.41, 5.74) is 3.42. The van der Waals surface area contributed by atoms with E-state index in [-0.39, 0.29) is 62.7 Å². The van der Waals surface area contributed by atoms with Crippen molar-refractivity contribution in [1.29, 1.82) is 0 Å². The molecule has 0 fully saturated rings. The summed E-state index contributed by atoms with van der Waals surface area (Å²) in [6.07, 6.45) is 2.10. The Morgan fingerprint density at radius 3 is 2.53 bits per heavy atom. The van der Waals surface area contributed by atoms with Crippen molar-refractivity contribution in [1.82, 2.24) is 20.3 Å². The van der Waals surface area contributed by atoms with Gasteiger partial charge in [-0.1, -0.05) is 48.0 Å². The van der Waals surface area contributed by atoms with E-state index < -0.39 is 11.9 Å². The summed E-state index contributed by atoms with van der Waals surface area (Å²) in [5, 5.41) is 22.9. The van der Waals surface area contributed by atoms with Crippen LogP contribution < -0.4 is 10.5 Å². The number of hydrogen-bond acceptors (Lipinski definition) is 8. The molecule has 204 valence electrons. The molecule has 2 amide bonds. The van der Waals surface area contributed by atoms with E-state index in [1.165, 1.54) is 24.1 Å². The largest absolute Gasteiger partial charge is 0.395 e. The maximum absolute atomic E-state index is 13.9. The quantitative estimate of drug-likeness (QED) is 0.196. The summed E-state index contributed by atoms with van der Waals surface area (Å²) in [6.45, 7) is 1.56. The molecule has 0 radical (unpaired) electrons. The van der Waals surface area contributed by atoms with Crippen LogP contribution in [0, 0.1) is 5.82 Å². The van der Waals surface area contributed by atoms with E-state index in [1.54, 1.807) is 23.2 Å². The predicted molar refractivity (Wildman–Crippen MR) is 141 cm³/mol. The standard InChI is InChI=1S/C26H31ClFN5O5/c1-19(37)33(30-15-22-7-4-8-24(28)26(22)27)23(16-31(9-11-34)10-12-35)17-38-32(18-36)25-13-20-5-2-3-6-21(20)14-29-25/h2-8,13-14,18,23,30,34-35H,9-12,15-17H2,1H3/t23-/m0/s1. The van der Waals surface area contributed by atoms with Gasteiger partial charge in [0.25, 0.3) is 0 Å². The van der Waals surface area contributed by atoms with Crippen LogP contribution in [0.25, 0.3) is 10.8 Å². The molecule has 10 nitrogen and oxygen atoms in total. The average Bonchev–Trinajstić information content (AvgIpc) is 2.91. The second kappa shape index (κ2) is 14.7. The van der Waals surface area contributed by atoms with Crippen molar-refractivity contribution >= 4 is 40.5 Å². The highest BCUT2D eigenvalue weighted by Gasteiger charge is 2.26. The summed E-state index contributed by atoms with van der Waals surface area (Å²) < 4.78 is 13.9. The van der Waals surface area contributed by atoms with Crippen molar-refractivity contribution in [3.05, 3.63) is 71.1 Å². The molecule has 38 heavy (non-hydrogen) atoms. The second-order valence-electron chi connectivity index (χ2n) is 8.46. The third-order valence-corrected chi connectivity index (χ3v) is 6.24. The molecule has 2 aromatic carbocycles. The lowest BCUT2D eigenvalue weighted by Gasteiger charge is -2.35. The molecule has 0 saturated carbocycles. The molecule has 1 atom stereocenters. The first-order valence-corrected chi connectivity index (χ1v) is 12.4. The van der Waals surface area contributed by atoms with Crippen molar-refractivity contribution in [2.75, 3.05) is 44.5 Å². The van der Waals surface area contributed by atoms with Gasteiger partial charge in [-0.2, -0.15) is 5.06 Å². The van der Waals surface area contributed by atoms with E-state index in [0.29, 0.717) is 12.0 Å². The van der Waals surface area contributed by atoms with E-state index in [0.717, 1.165) is 15.8 Å². The highest BCUT2D eigenvalue weighted by atomic mass is 35.5. The van der Waals surface area contributed by atoms with Crippen LogP contribution in [0.1, 0.15) is 12.5 Å². The maximum atomic E-state index is 13.9. The Hall–Kier alpha value is -3.19. The molecular formula is C26H31ClFN5O5. The first-order chi connectivity index (χ1) is 18.4. The van der Waals surface area contributed by atoms with Gasteiger partial charge in [-0.05, 0) is 23.1 Å². The Labute approximate surface area is 225 Å². The number of carbonyl (C=O) groups is 2. The van der Waals surface area contributed by atoms with Crippen LogP contribution in [0.4, 0.5) is 10.2 Å². The Morgan fingerprint density at radius 2 is 1.87 bits per heavy atom. The smallest absolute Gasteiger partial charge is 0.239 e. The number of pyridine rings is 1. The monoisotopic (exact) mass is 547 g/mol. The zero-order valence-corrected chi connectivity index (χ0v) is 21.7. The number of carbonyl (C=O) groups excluding carboxylic acids is 2. The Morgan fingerprint density at radius 1 is 1.16 bits per heavy atom. The zero-order chi connectivity index (χ0) is 27.5. The van der Waals surface area contributed by atoms with Gasteiger partial charge in [0.2, 0.25) is 12.3 Å². The van der Waals surface area contributed by atoms with Gasteiger partial charge >= 0.3 is 0 Å². The minimum absolute atomic E-state index is 0.0380. The molecule has 0 aliphatic rings. The van der Waals surface area contributed by atoms with E-state index in [9.17, 15) is 24.2 Å². The van der Waals surface area contributed by atoms with Gasteiger partial charge in [-0.3, -0.25) is 24.3 Å². The zero-order valence-electron chi connectivity index (χ0n) is 21.0. The Bertz CT molecular complexity index is 1210. The predicted octanol–water partition coefficient (Wildman–Crippen LogP) is 2.13. The van der Waals surface area contributed by atoms with Crippen LogP contribution in [0.15, 0.2) is 54.7 Å². The van der Waals surface area contributed by atoms with Gasteiger partial charge in [-0.25, -0.2) is 14.8 Å². The summed E-state index contributed by atoms with van der Waals surface area (Å²) in [6, 6.07) is 12.9. The Balaban J connectivity index is 1.82. The van der Waals surface area contributed by atoms with Crippen LogP contribution in [0.2, 0.25) is 5.02 Å². The van der Waals surface area contributed by atoms with Crippen LogP contribution >= 0.6 is 11.6 Å². The van der Waals surface area contributed by atoms with Crippen molar-refractivity contribution in [2.45, 2.75) is 19.5 Å². The van der Waals surface area contributed by atoms with Crippen molar-refractivity contribution < 1.29 is 29.0 Å². The normalized spacial score (nSPS) is 12.1. The third kappa shape index (κ3) is 7.90. The molecule has 0 spiro atoms. The number of hydrogen-bond donors (Lipinski definition) is 3. The highest BCUT2D eigenvalue weighted by molar-refractivity contribution is 6.31. The number of hydrazine groups is 1. The molecule has 0 unspecified atom stereocenters. The molecule has 3 aromatic rings. The topological polar surface area (TPSA) is 118 Å². The number of aliphatic hydroxyl groups excluding tert-OH is 2. The van der Waals surface area contributed by atoms with Gasteiger partial charge < -0.3 is 10.2 Å². The van der Waals surface area contributed by atoms with Crippen molar-refractivity contribution in [2.24, 2.45) is 0 Å². The van der Waals surface area contributed by atoms with Crippen LogP contribution in [0.5, 0.6) is 0 Å². The molecule has 0 aliphatic carbocycles. The fraction of sp³-hybridized carbons (Fsp3) is 0.346. The van der Waals surface area contributed by atoms with Gasteiger partial charge in [-0.15, -0.1) is 0 Å². The molecule has 0 saturated heterocycles. The average molecular weight is 548 g/mol. The maximum Gasteiger partial charge on any atom is 0.239 e. The van der Waals surface area contributed by atoms with Crippen molar-refractivity contribution in [3.8, 4) is 0 Å². The molecule has 0 bridgehead atoms. The SMILES string of the molecule is CC(=O)N(NCc1cccc(F)c1Cl)[C@H](CON(C=O)c1cc2ccccc2cn1)CN(CCO)CCO. The molecule has 12 heteroatoms. The summed E-state index contributed by atoms with van der Waals surface area (Å²) >= 11 is 6.07. The summed E-state index contributed by atoms with van der Waals surface area (Å²) in [4.78, 5) is 36.4.